The third kappa shape index (κ3) is 6.44. The largest absolute Gasteiger partial charge is 0.493 e. The summed E-state index contributed by atoms with van der Waals surface area (Å²) in [6.07, 6.45) is 9.86. The summed E-state index contributed by atoms with van der Waals surface area (Å²) in [5.41, 5.74) is 8.22. The van der Waals surface area contributed by atoms with Gasteiger partial charge in [0, 0.05) is 20.1 Å². The maximum absolute atomic E-state index is 11.7. The maximum Gasteiger partial charge on any atom is 0.317 e. The van der Waals surface area contributed by atoms with Gasteiger partial charge in [0.2, 0.25) is 0 Å². The highest BCUT2D eigenvalue weighted by Crippen LogP contribution is 2.45. The molecule has 3 N–H and O–H groups in total. The van der Waals surface area contributed by atoms with Crippen molar-refractivity contribution < 1.29 is 14.3 Å². The van der Waals surface area contributed by atoms with E-state index in [4.69, 9.17) is 4.74 Å². The summed E-state index contributed by atoms with van der Waals surface area (Å²) in [7, 11) is 1.58. The first kappa shape index (κ1) is 22.6. The van der Waals surface area contributed by atoms with E-state index in [9.17, 15) is 9.59 Å². The molecular weight excluding hydrogens is 380 g/mol. The molecule has 0 bridgehead atoms. The minimum Gasteiger partial charge on any atom is -0.493 e. The zero-order valence-corrected chi connectivity index (χ0v) is 18.1. The van der Waals surface area contributed by atoms with Crippen LogP contribution in [0, 0.1) is 5.92 Å². The molecule has 0 radical (unpaired) electrons. The van der Waals surface area contributed by atoms with Crippen molar-refractivity contribution >= 4 is 12.3 Å². The van der Waals surface area contributed by atoms with Crippen LogP contribution in [0.3, 0.4) is 0 Å². The normalized spacial score (nSPS) is 17.1. The number of aldehydes is 1. The molecule has 2 saturated carbocycles. The molecule has 7 heteroatoms. The second-order valence-corrected chi connectivity index (χ2v) is 8.50. The van der Waals surface area contributed by atoms with Crippen LogP contribution in [0.25, 0.3) is 0 Å². The van der Waals surface area contributed by atoms with Gasteiger partial charge in [-0.2, -0.15) is 0 Å². The van der Waals surface area contributed by atoms with Crippen LogP contribution in [0.4, 0.5) is 4.79 Å². The Bertz CT molecular complexity index is 689. The predicted octanol–water partition coefficient (Wildman–Crippen LogP) is 2.96. The van der Waals surface area contributed by atoms with Crippen LogP contribution in [0.2, 0.25) is 0 Å². The zero-order valence-electron chi connectivity index (χ0n) is 18.1. The number of ether oxygens (including phenoxy) is 1. The molecule has 0 aliphatic heterocycles. The number of benzene rings is 1. The number of unbranched alkanes of at least 4 members (excludes halogenated alkanes) is 2. The average Bonchev–Trinajstić information content (AvgIpc) is 3.52. The monoisotopic (exact) mass is 416 g/mol. The molecule has 0 spiro atoms. The first-order valence-corrected chi connectivity index (χ1v) is 11.3. The Morgan fingerprint density at radius 1 is 1.27 bits per heavy atom. The van der Waals surface area contributed by atoms with Crippen LogP contribution >= 0.6 is 0 Å². The SMILES string of the molecule is CNC(=O)N(CC=O)CCCCCNNC1(c2cccc(OCC3CCC3)c2)CC1. The van der Waals surface area contributed by atoms with E-state index in [0.29, 0.717) is 6.54 Å². The van der Waals surface area contributed by atoms with Gasteiger partial charge in [-0.05, 0) is 62.1 Å². The second-order valence-electron chi connectivity index (χ2n) is 8.50. The second kappa shape index (κ2) is 11.3. The first-order valence-electron chi connectivity index (χ1n) is 11.3. The van der Waals surface area contributed by atoms with Gasteiger partial charge in [-0.1, -0.05) is 25.0 Å². The van der Waals surface area contributed by atoms with Crippen molar-refractivity contribution in [2.24, 2.45) is 5.92 Å². The van der Waals surface area contributed by atoms with Gasteiger partial charge < -0.3 is 19.7 Å². The highest BCUT2D eigenvalue weighted by atomic mass is 16.5. The molecule has 2 aliphatic carbocycles. The summed E-state index contributed by atoms with van der Waals surface area (Å²) in [6.45, 7) is 2.45. The first-order chi connectivity index (χ1) is 14.7. The van der Waals surface area contributed by atoms with Gasteiger partial charge in [0.05, 0.1) is 18.7 Å². The molecule has 0 saturated heterocycles. The van der Waals surface area contributed by atoms with Crippen LogP contribution in [0.5, 0.6) is 5.75 Å². The number of urea groups is 1. The molecule has 7 nitrogen and oxygen atoms in total. The van der Waals surface area contributed by atoms with Crippen molar-refractivity contribution in [1.29, 1.82) is 0 Å². The lowest BCUT2D eigenvalue weighted by molar-refractivity contribution is -0.108. The van der Waals surface area contributed by atoms with Gasteiger partial charge in [-0.3, -0.25) is 5.43 Å². The Kier molecular flexibility index (Phi) is 8.51. The Hall–Kier alpha value is -2.12. The fourth-order valence-corrected chi connectivity index (χ4v) is 3.82. The Morgan fingerprint density at radius 2 is 2.10 bits per heavy atom. The van der Waals surface area contributed by atoms with Crippen molar-refractivity contribution in [3.63, 3.8) is 0 Å². The molecule has 3 rings (SSSR count). The lowest BCUT2D eigenvalue weighted by atomic mass is 9.86. The number of rotatable bonds is 14. The molecule has 0 aromatic heterocycles. The van der Waals surface area contributed by atoms with Crippen molar-refractivity contribution in [3.8, 4) is 5.75 Å². The number of nitrogens with one attached hydrogen (secondary N) is 3. The summed E-state index contributed by atoms with van der Waals surface area (Å²) < 4.78 is 6.00. The predicted molar refractivity (Wildman–Crippen MR) is 117 cm³/mol. The highest BCUT2D eigenvalue weighted by molar-refractivity contribution is 5.76. The number of amides is 2. The van der Waals surface area contributed by atoms with Crippen molar-refractivity contribution in [1.82, 2.24) is 21.1 Å². The van der Waals surface area contributed by atoms with E-state index in [0.717, 1.165) is 63.2 Å². The van der Waals surface area contributed by atoms with Gasteiger partial charge in [-0.15, -0.1) is 0 Å². The number of hydrogen-bond donors (Lipinski definition) is 3. The standard InChI is InChI=1S/C23H36N4O3/c1-24-22(29)27(15-16-28)14-4-2-3-13-25-26-23(11-12-23)20-9-6-10-21(17-20)30-18-19-7-5-8-19/h6,9-10,16-17,19,25-26H,2-5,7-8,11-15,18H2,1H3,(H,24,29). The Morgan fingerprint density at radius 3 is 2.77 bits per heavy atom. The van der Waals surface area contributed by atoms with Crippen LogP contribution in [-0.4, -0.2) is 50.5 Å². The molecule has 2 aliphatic rings. The molecule has 30 heavy (non-hydrogen) atoms. The number of hydrazine groups is 1. The molecule has 166 valence electrons. The number of carbonyl (C=O) groups is 2. The van der Waals surface area contributed by atoms with Gasteiger partial charge in [-0.25, -0.2) is 10.2 Å². The van der Waals surface area contributed by atoms with E-state index < -0.39 is 0 Å². The Balaban J connectivity index is 1.33. The minimum atomic E-state index is -0.198. The van der Waals surface area contributed by atoms with E-state index in [1.54, 1.807) is 7.05 Å². The summed E-state index contributed by atoms with van der Waals surface area (Å²) in [5, 5.41) is 2.57. The van der Waals surface area contributed by atoms with E-state index in [1.165, 1.54) is 29.7 Å². The van der Waals surface area contributed by atoms with E-state index in [-0.39, 0.29) is 18.1 Å². The molecule has 0 unspecified atom stereocenters. The summed E-state index contributed by atoms with van der Waals surface area (Å²) in [5.74, 6) is 1.72. The van der Waals surface area contributed by atoms with E-state index >= 15 is 0 Å². The van der Waals surface area contributed by atoms with Crippen LogP contribution in [0.15, 0.2) is 24.3 Å². The molecule has 2 fully saturated rings. The number of hydrogen-bond acceptors (Lipinski definition) is 5. The lowest BCUT2D eigenvalue weighted by Crippen LogP contribution is -2.41. The van der Waals surface area contributed by atoms with Crippen LogP contribution in [-0.2, 0) is 10.3 Å². The fourth-order valence-electron chi connectivity index (χ4n) is 3.82. The molecule has 1 aromatic carbocycles. The molecule has 0 heterocycles. The molecule has 2 amide bonds. The van der Waals surface area contributed by atoms with Gasteiger partial charge in [0.15, 0.2) is 0 Å². The highest BCUT2D eigenvalue weighted by Gasteiger charge is 2.44. The third-order valence-electron chi connectivity index (χ3n) is 6.20. The van der Waals surface area contributed by atoms with Gasteiger partial charge in [0.1, 0.15) is 12.0 Å². The smallest absolute Gasteiger partial charge is 0.317 e. The Labute approximate surface area is 179 Å². The van der Waals surface area contributed by atoms with Crippen molar-refractivity contribution in [2.45, 2.75) is 56.9 Å². The zero-order chi connectivity index (χ0) is 21.2. The number of nitrogens with zero attached hydrogens (tertiary/aromatic N) is 1. The van der Waals surface area contributed by atoms with E-state index in [2.05, 4.69) is 40.4 Å². The maximum atomic E-state index is 11.7. The van der Waals surface area contributed by atoms with Crippen molar-refractivity contribution in [3.05, 3.63) is 29.8 Å². The van der Waals surface area contributed by atoms with Crippen LogP contribution < -0.4 is 20.9 Å². The van der Waals surface area contributed by atoms with Gasteiger partial charge >= 0.3 is 6.03 Å². The topological polar surface area (TPSA) is 82.7 Å². The number of carbonyl (C=O) groups excluding carboxylic acids is 2. The summed E-state index contributed by atoms with van der Waals surface area (Å²) in [6, 6.07) is 8.30. The molecular formula is C23H36N4O3. The van der Waals surface area contributed by atoms with Crippen LogP contribution in [0.1, 0.15) is 56.9 Å². The van der Waals surface area contributed by atoms with Gasteiger partial charge in [0.25, 0.3) is 0 Å². The minimum absolute atomic E-state index is 0.0236. The van der Waals surface area contributed by atoms with Crippen molar-refractivity contribution in [2.75, 3.05) is 33.3 Å². The fraction of sp³-hybridized carbons (Fsp3) is 0.652. The lowest BCUT2D eigenvalue weighted by Gasteiger charge is -2.25. The quantitative estimate of drug-likeness (QED) is 0.247. The summed E-state index contributed by atoms with van der Waals surface area (Å²) >= 11 is 0. The third-order valence-corrected chi connectivity index (χ3v) is 6.20. The molecule has 1 aromatic rings. The summed E-state index contributed by atoms with van der Waals surface area (Å²) in [4.78, 5) is 23.9. The average molecular weight is 417 g/mol. The molecule has 0 atom stereocenters. The van der Waals surface area contributed by atoms with E-state index in [1.807, 2.05) is 0 Å².